The third-order valence-electron chi connectivity index (χ3n) is 2.20. The first-order valence-electron chi connectivity index (χ1n) is 4.84. The van der Waals surface area contributed by atoms with Crippen molar-refractivity contribution in [3.8, 4) is 0 Å². The second-order valence-electron chi connectivity index (χ2n) is 3.46. The van der Waals surface area contributed by atoms with E-state index in [-0.39, 0.29) is 5.91 Å². The molecule has 0 bridgehead atoms. The number of carbonyl (C=O) groups excluding carboxylic acids is 1. The Morgan fingerprint density at radius 3 is 3.06 bits per heavy atom. The number of thioether (sulfide) groups is 1. The lowest BCUT2D eigenvalue weighted by Crippen LogP contribution is -2.19. The second kappa shape index (κ2) is 4.89. The third kappa shape index (κ3) is 2.39. The van der Waals surface area contributed by atoms with Crippen LogP contribution in [0.5, 0.6) is 0 Å². The lowest BCUT2D eigenvalue weighted by molar-refractivity contribution is -0.116. The molecule has 0 N–H and O–H groups in total. The van der Waals surface area contributed by atoms with Crippen molar-refractivity contribution < 1.29 is 4.79 Å². The van der Waals surface area contributed by atoms with Crippen LogP contribution in [0.1, 0.15) is 6.42 Å². The van der Waals surface area contributed by atoms with Crippen LogP contribution < -0.4 is 5.01 Å². The Bertz CT molecular complexity index is 447. The topological polar surface area (TPSA) is 32.7 Å². The zero-order valence-corrected chi connectivity index (χ0v) is 10.4. The van der Waals surface area contributed by atoms with Crippen molar-refractivity contribution in [1.82, 2.24) is 0 Å². The maximum absolute atomic E-state index is 11.7. The quantitative estimate of drug-likeness (QED) is 0.831. The largest absolute Gasteiger partial charge is 0.272 e. The number of hydrazone groups is 1. The zero-order valence-electron chi connectivity index (χ0n) is 8.81. The molecule has 0 aromatic heterocycles. The summed E-state index contributed by atoms with van der Waals surface area (Å²) in [7, 11) is 0. The number of hydrogen-bond donors (Lipinski definition) is 0. The lowest BCUT2D eigenvalue weighted by atomic mass is 10.3. The standard InChI is InChI=1S/C11H11ClN2OS/c1-16-7-9-6-11(15)14(13-9)10-4-2-3-8(12)5-10/h2-5H,6-7H2,1H3. The van der Waals surface area contributed by atoms with Gasteiger partial charge in [-0.1, -0.05) is 17.7 Å². The summed E-state index contributed by atoms with van der Waals surface area (Å²) in [4.78, 5) is 11.7. The fourth-order valence-electron chi connectivity index (χ4n) is 1.54. The summed E-state index contributed by atoms with van der Waals surface area (Å²) in [6.45, 7) is 0. The molecule has 0 unspecified atom stereocenters. The molecule has 0 saturated carbocycles. The summed E-state index contributed by atoms with van der Waals surface area (Å²) < 4.78 is 0. The number of anilines is 1. The van der Waals surface area contributed by atoms with Crippen molar-refractivity contribution in [2.24, 2.45) is 5.10 Å². The minimum atomic E-state index is 0.00585. The molecule has 1 aliphatic heterocycles. The maximum Gasteiger partial charge on any atom is 0.253 e. The molecule has 5 heteroatoms. The first kappa shape index (κ1) is 11.5. The molecule has 3 nitrogen and oxygen atoms in total. The van der Waals surface area contributed by atoms with Gasteiger partial charge in [-0.15, -0.1) is 0 Å². The van der Waals surface area contributed by atoms with Crippen LogP contribution in [-0.4, -0.2) is 23.6 Å². The summed E-state index contributed by atoms with van der Waals surface area (Å²) in [5.74, 6) is 0.800. The molecule has 0 spiro atoms. The number of rotatable bonds is 3. The van der Waals surface area contributed by atoms with Gasteiger partial charge >= 0.3 is 0 Å². The van der Waals surface area contributed by atoms with Crippen molar-refractivity contribution in [2.75, 3.05) is 17.0 Å². The van der Waals surface area contributed by atoms with Gasteiger partial charge in [0.05, 0.1) is 17.8 Å². The molecule has 16 heavy (non-hydrogen) atoms. The minimum Gasteiger partial charge on any atom is -0.272 e. The van der Waals surface area contributed by atoms with Gasteiger partial charge in [-0.25, -0.2) is 5.01 Å². The normalized spacial score (nSPS) is 15.5. The van der Waals surface area contributed by atoms with E-state index < -0.39 is 0 Å². The predicted molar refractivity (Wildman–Crippen MR) is 69.4 cm³/mol. The summed E-state index contributed by atoms with van der Waals surface area (Å²) in [5.41, 5.74) is 1.64. The van der Waals surface area contributed by atoms with Gasteiger partial charge in [-0.3, -0.25) is 4.79 Å². The Morgan fingerprint density at radius 2 is 2.38 bits per heavy atom. The van der Waals surface area contributed by atoms with E-state index in [9.17, 15) is 4.79 Å². The molecule has 1 aliphatic rings. The molecule has 1 aromatic carbocycles. The molecule has 0 atom stereocenters. The van der Waals surface area contributed by atoms with Crippen molar-refractivity contribution in [1.29, 1.82) is 0 Å². The fraction of sp³-hybridized carbons (Fsp3) is 0.273. The van der Waals surface area contributed by atoms with Crippen LogP contribution in [0.3, 0.4) is 0 Å². The van der Waals surface area contributed by atoms with E-state index in [0.717, 1.165) is 17.2 Å². The van der Waals surface area contributed by atoms with Gasteiger partial charge in [-0.05, 0) is 24.5 Å². The van der Waals surface area contributed by atoms with Crippen molar-refractivity contribution in [2.45, 2.75) is 6.42 Å². The average molecular weight is 255 g/mol. The van der Waals surface area contributed by atoms with Gasteiger partial charge < -0.3 is 0 Å². The monoisotopic (exact) mass is 254 g/mol. The highest BCUT2D eigenvalue weighted by atomic mass is 35.5. The number of hydrogen-bond acceptors (Lipinski definition) is 3. The second-order valence-corrected chi connectivity index (χ2v) is 4.76. The van der Waals surface area contributed by atoms with E-state index in [1.54, 1.807) is 23.9 Å². The smallest absolute Gasteiger partial charge is 0.253 e. The van der Waals surface area contributed by atoms with Crippen LogP contribution in [0.25, 0.3) is 0 Å². The van der Waals surface area contributed by atoms with Gasteiger partial charge in [0.1, 0.15) is 0 Å². The van der Waals surface area contributed by atoms with Gasteiger partial charge in [-0.2, -0.15) is 16.9 Å². The van der Waals surface area contributed by atoms with E-state index in [2.05, 4.69) is 5.10 Å². The Labute approximate surface area is 103 Å². The minimum absolute atomic E-state index is 0.00585. The van der Waals surface area contributed by atoms with Gasteiger partial charge in [0, 0.05) is 10.8 Å². The highest BCUT2D eigenvalue weighted by Crippen LogP contribution is 2.24. The summed E-state index contributed by atoms with van der Waals surface area (Å²) in [5, 5.41) is 6.33. The molecule has 1 amide bonds. The summed E-state index contributed by atoms with van der Waals surface area (Å²) >= 11 is 7.54. The first-order chi connectivity index (χ1) is 7.70. The Balaban J connectivity index is 2.24. The van der Waals surface area contributed by atoms with Crippen LogP contribution in [0.15, 0.2) is 29.4 Å². The number of carbonyl (C=O) groups is 1. The van der Waals surface area contributed by atoms with Crippen LogP contribution in [0, 0.1) is 0 Å². The number of nitrogens with zero attached hydrogens (tertiary/aromatic N) is 2. The number of halogens is 1. The van der Waals surface area contributed by atoms with Crippen LogP contribution >= 0.6 is 23.4 Å². The molecular weight excluding hydrogens is 244 g/mol. The van der Waals surface area contributed by atoms with E-state index in [0.29, 0.717) is 11.4 Å². The molecular formula is C11H11ClN2OS. The van der Waals surface area contributed by atoms with E-state index in [1.807, 2.05) is 18.4 Å². The maximum atomic E-state index is 11.7. The molecule has 0 aliphatic carbocycles. The van der Waals surface area contributed by atoms with Crippen molar-refractivity contribution >= 4 is 40.7 Å². The molecule has 1 aromatic rings. The number of amides is 1. The van der Waals surface area contributed by atoms with Crippen molar-refractivity contribution in [3.05, 3.63) is 29.3 Å². The SMILES string of the molecule is CSCC1=NN(c2cccc(Cl)c2)C(=O)C1. The third-order valence-corrected chi connectivity index (χ3v) is 3.05. The van der Waals surface area contributed by atoms with Crippen molar-refractivity contribution in [3.63, 3.8) is 0 Å². The Morgan fingerprint density at radius 1 is 1.56 bits per heavy atom. The lowest BCUT2D eigenvalue weighted by Gasteiger charge is -2.11. The molecule has 2 rings (SSSR count). The average Bonchev–Trinajstić information content (AvgIpc) is 2.60. The van der Waals surface area contributed by atoms with Gasteiger partial charge in [0.25, 0.3) is 5.91 Å². The highest BCUT2D eigenvalue weighted by molar-refractivity contribution is 7.99. The van der Waals surface area contributed by atoms with Gasteiger partial charge in [0.2, 0.25) is 0 Å². The molecule has 0 fully saturated rings. The van der Waals surface area contributed by atoms with Crippen LogP contribution in [0.2, 0.25) is 5.02 Å². The predicted octanol–water partition coefficient (Wildman–Crippen LogP) is 2.80. The summed E-state index contributed by atoms with van der Waals surface area (Å²) in [6.07, 6.45) is 2.41. The number of benzene rings is 1. The molecule has 0 radical (unpaired) electrons. The fourth-order valence-corrected chi connectivity index (χ4v) is 2.22. The van der Waals surface area contributed by atoms with E-state index in [1.165, 1.54) is 5.01 Å². The first-order valence-corrected chi connectivity index (χ1v) is 6.61. The highest BCUT2D eigenvalue weighted by Gasteiger charge is 2.24. The van der Waals surface area contributed by atoms with Crippen LogP contribution in [-0.2, 0) is 4.79 Å². The van der Waals surface area contributed by atoms with E-state index in [4.69, 9.17) is 11.6 Å². The Kier molecular flexibility index (Phi) is 3.51. The van der Waals surface area contributed by atoms with E-state index >= 15 is 0 Å². The summed E-state index contributed by atoms with van der Waals surface area (Å²) in [6, 6.07) is 7.16. The zero-order chi connectivity index (χ0) is 11.5. The van der Waals surface area contributed by atoms with Crippen LogP contribution in [0.4, 0.5) is 5.69 Å². The molecule has 84 valence electrons. The molecule has 0 saturated heterocycles. The molecule has 1 heterocycles. The Hall–Kier alpha value is -1.00. The van der Waals surface area contributed by atoms with Gasteiger partial charge in [0.15, 0.2) is 0 Å².